The standard InChI is InChI=1S/C16H25N3/c1-16(2,3)14-7-10-19(11-8-14)15-13(12-17-4)6-5-9-18-15/h5-7,9,17H,8,10-12H2,1-4H3. The molecule has 19 heavy (non-hydrogen) atoms. The Labute approximate surface area is 116 Å². The van der Waals surface area contributed by atoms with Crippen molar-refractivity contribution in [2.45, 2.75) is 33.7 Å². The van der Waals surface area contributed by atoms with Crippen molar-refractivity contribution in [2.24, 2.45) is 5.41 Å². The Kier molecular flexibility index (Phi) is 4.25. The van der Waals surface area contributed by atoms with Crippen LogP contribution in [-0.2, 0) is 6.54 Å². The van der Waals surface area contributed by atoms with Crippen molar-refractivity contribution in [2.75, 3.05) is 25.0 Å². The second kappa shape index (κ2) is 5.74. The number of hydrogen-bond acceptors (Lipinski definition) is 3. The summed E-state index contributed by atoms with van der Waals surface area (Å²) in [6, 6.07) is 4.17. The van der Waals surface area contributed by atoms with Gasteiger partial charge in [-0.25, -0.2) is 4.98 Å². The van der Waals surface area contributed by atoms with Crippen LogP contribution in [0.25, 0.3) is 0 Å². The normalized spacial score (nSPS) is 16.4. The highest BCUT2D eigenvalue weighted by Gasteiger charge is 2.22. The summed E-state index contributed by atoms with van der Waals surface area (Å²) in [5.74, 6) is 1.13. The molecule has 0 unspecified atom stereocenters. The first-order chi connectivity index (χ1) is 9.02. The summed E-state index contributed by atoms with van der Waals surface area (Å²) in [7, 11) is 1.98. The smallest absolute Gasteiger partial charge is 0.133 e. The van der Waals surface area contributed by atoms with Gasteiger partial charge in [0.1, 0.15) is 5.82 Å². The van der Waals surface area contributed by atoms with Crippen molar-refractivity contribution in [1.29, 1.82) is 0 Å². The minimum atomic E-state index is 0.296. The monoisotopic (exact) mass is 259 g/mol. The summed E-state index contributed by atoms with van der Waals surface area (Å²) in [5.41, 5.74) is 3.14. The van der Waals surface area contributed by atoms with Crippen molar-refractivity contribution in [3.63, 3.8) is 0 Å². The Morgan fingerprint density at radius 1 is 1.37 bits per heavy atom. The van der Waals surface area contributed by atoms with Gasteiger partial charge in [-0.3, -0.25) is 0 Å². The average molecular weight is 259 g/mol. The molecule has 0 fully saturated rings. The molecule has 0 bridgehead atoms. The lowest BCUT2D eigenvalue weighted by Gasteiger charge is -2.33. The van der Waals surface area contributed by atoms with Gasteiger partial charge in [0.25, 0.3) is 0 Å². The van der Waals surface area contributed by atoms with E-state index in [-0.39, 0.29) is 0 Å². The zero-order valence-electron chi connectivity index (χ0n) is 12.5. The van der Waals surface area contributed by atoms with Crippen LogP contribution in [0.15, 0.2) is 30.0 Å². The molecule has 0 aromatic carbocycles. The van der Waals surface area contributed by atoms with E-state index in [1.165, 1.54) is 5.56 Å². The highest BCUT2D eigenvalue weighted by molar-refractivity contribution is 5.48. The Bertz CT molecular complexity index is 457. The largest absolute Gasteiger partial charge is 0.352 e. The fraction of sp³-hybridized carbons (Fsp3) is 0.562. The van der Waals surface area contributed by atoms with Crippen LogP contribution < -0.4 is 10.2 Å². The fourth-order valence-electron chi connectivity index (χ4n) is 2.59. The predicted molar refractivity (Wildman–Crippen MR) is 81.4 cm³/mol. The van der Waals surface area contributed by atoms with Gasteiger partial charge < -0.3 is 10.2 Å². The quantitative estimate of drug-likeness (QED) is 0.846. The molecule has 0 saturated carbocycles. The van der Waals surface area contributed by atoms with Gasteiger partial charge in [0, 0.05) is 31.4 Å². The maximum atomic E-state index is 4.56. The summed E-state index contributed by atoms with van der Waals surface area (Å²) in [4.78, 5) is 6.94. The van der Waals surface area contributed by atoms with E-state index in [4.69, 9.17) is 0 Å². The third kappa shape index (κ3) is 3.35. The zero-order chi connectivity index (χ0) is 13.9. The number of pyridine rings is 1. The molecule has 0 spiro atoms. The van der Waals surface area contributed by atoms with Gasteiger partial charge in [-0.2, -0.15) is 0 Å². The molecule has 1 aliphatic heterocycles. The van der Waals surface area contributed by atoms with Crippen molar-refractivity contribution in [3.8, 4) is 0 Å². The summed E-state index contributed by atoms with van der Waals surface area (Å²) < 4.78 is 0. The van der Waals surface area contributed by atoms with Gasteiger partial charge in [-0.15, -0.1) is 0 Å². The van der Waals surface area contributed by atoms with Gasteiger partial charge in [0.2, 0.25) is 0 Å². The summed E-state index contributed by atoms with van der Waals surface area (Å²) in [6.45, 7) is 9.79. The van der Waals surface area contributed by atoms with E-state index in [0.29, 0.717) is 5.41 Å². The lowest BCUT2D eigenvalue weighted by atomic mass is 9.83. The number of nitrogens with zero attached hydrogens (tertiary/aromatic N) is 2. The number of hydrogen-bond donors (Lipinski definition) is 1. The molecule has 2 rings (SSSR count). The first kappa shape index (κ1) is 14.1. The highest BCUT2D eigenvalue weighted by Crippen LogP contribution is 2.31. The van der Waals surface area contributed by atoms with Crippen molar-refractivity contribution in [1.82, 2.24) is 10.3 Å². The van der Waals surface area contributed by atoms with Crippen LogP contribution in [-0.4, -0.2) is 25.1 Å². The van der Waals surface area contributed by atoms with Gasteiger partial charge in [0.05, 0.1) is 0 Å². The summed E-state index contributed by atoms with van der Waals surface area (Å²) >= 11 is 0. The molecule has 0 saturated heterocycles. The second-order valence-electron chi connectivity index (χ2n) is 6.19. The van der Waals surface area contributed by atoms with Crippen LogP contribution in [0.3, 0.4) is 0 Å². The first-order valence-corrected chi connectivity index (χ1v) is 7.05. The van der Waals surface area contributed by atoms with E-state index in [9.17, 15) is 0 Å². The molecule has 3 heteroatoms. The Hall–Kier alpha value is -1.35. The molecule has 0 aliphatic carbocycles. The SMILES string of the molecule is CNCc1cccnc1N1CC=C(C(C)(C)C)CC1. The van der Waals surface area contributed by atoms with Crippen LogP contribution in [0.1, 0.15) is 32.8 Å². The molecule has 0 amide bonds. The lowest BCUT2D eigenvalue weighted by Crippen LogP contribution is -2.32. The summed E-state index contributed by atoms with van der Waals surface area (Å²) in [5, 5.41) is 3.21. The molecule has 3 nitrogen and oxygen atoms in total. The van der Waals surface area contributed by atoms with Crippen LogP contribution in [0.5, 0.6) is 0 Å². The van der Waals surface area contributed by atoms with E-state index in [1.807, 2.05) is 19.3 Å². The van der Waals surface area contributed by atoms with Crippen LogP contribution >= 0.6 is 0 Å². The van der Waals surface area contributed by atoms with Gasteiger partial charge in [-0.05, 0) is 24.9 Å². The van der Waals surface area contributed by atoms with E-state index in [1.54, 1.807) is 5.57 Å². The molecule has 0 radical (unpaired) electrons. The molecule has 2 heterocycles. The van der Waals surface area contributed by atoms with E-state index >= 15 is 0 Å². The number of aromatic nitrogens is 1. The minimum absolute atomic E-state index is 0.296. The van der Waals surface area contributed by atoms with Crippen molar-refractivity contribution < 1.29 is 0 Å². The predicted octanol–water partition coefficient (Wildman–Crippen LogP) is 2.98. The van der Waals surface area contributed by atoms with E-state index in [0.717, 1.165) is 31.9 Å². The van der Waals surface area contributed by atoms with Crippen molar-refractivity contribution >= 4 is 5.82 Å². The third-order valence-electron chi connectivity index (χ3n) is 3.71. The molecular weight excluding hydrogens is 234 g/mol. The van der Waals surface area contributed by atoms with E-state index in [2.05, 4.69) is 48.1 Å². The highest BCUT2D eigenvalue weighted by atomic mass is 15.2. The molecule has 1 aliphatic rings. The number of anilines is 1. The molecular formula is C16H25N3. The van der Waals surface area contributed by atoms with Gasteiger partial charge in [-0.1, -0.05) is 38.5 Å². The Balaban J connectivity index is 2.16. The Morgan fingerprint density at radius 2 is 2.16 bits per heavy atom. The summed E-state index contributed by atoms with van der Waals surface area (Å²) in [6.07, 6.45) is 5.40. The maximum absolute atomic E-state index is 4.56. The number of nitrogens with one attached hydrogen (secondary N) is 1. The average Bonchev–Trinajstić information content (AvgIpc) is 2.39. The first-order valence-electron chi connectivity index (χ1n) is 7.05. The third-order valence-corrected chi connectivity index (χ3v) is 3.71. The van der Waals surface area contributed by atoms with Crippen molar-refractivity contribution in [3.05, 3.63) is 35.5 Å². The molecule has 1 N–H and O–H groups in total. The van der Waals surface area contributed by atoms with Crippen LogP contribution in [0.2, 0.25) is 0 Å². The fourth-order valence-corrected chi connectivity index (χ4v) is 2.59. The van der Waals surface area contributed by atoms with Gasteiger partial charge >= 0.3 is 0 Å². The number of rotatable bonds is 3. The van der Waals surface area contributed by atoms with Crippen LogP contribution in [0, 0.1) is 5.41 Å². The maximum Gasteiger partial charge on any atom is 0.133 e. The lowest BCUT2D eigenvalue weighted by molar-refractivity contribution is 0.472. The van der Waals surface area contributed by atoms with Crippen LogP contribution in [0.4, 0.5) is 5.82 Å². The molecule has 1 aromatic rings. The zero-order valence-corrected chi connectivity index (χ0v) is 12.5. The van der Waals surface area contributed by atoms with Gasteiger partial charge in [0.15, 0.2) is 0 Å². The molecule has 104 valence electrons. The topological polar surface area (TPSA) is 28.2 Å². The molecule has 1 aromatic heterocycles. The minimum Gasteiger partial charge on any atom is -0.352 e. The van der Waals surface area contributed by atoms with E-state index < -0.39 is 0 Å². The Morgan fingerprint density at radius 3 is 2.74 bits per heavy atom. The second-order valence-corrected chi connectivity index (χ2v) is 6.19. The molecule has 0 atom stereocenters.